The number of carbonyl (C=O) groups is 1. The van der Waals surface area contributed by atoms with Crippen molar-refractivity contribution in [2.75, 3.05) is 13.2 Å². The van der Waals surface area contributed by atoms with Crippen molar-refractivity contribution < 1.29 is 9.53 Å². The quantitative estimate of drug-likeness (QED) is 0.900. The molecule has 124 valence electrons. The average Bonchev–Trinajstić information content (AvgIpc) is 2.94. The Morgan fingerprint density at radius 1 is 1.43 bits per heavy atom. The van der Waals surface area contributed by atoms with Gasteiger partial charge in [-0.1, -0.05) is 12.1 Å². The van der Waals surface area contributed by atoms with Crippen LogP contribution in [-0.4, -0.2) is 34.2 Å². The van der Waals surface area contributed by atoms with Crippen LogP contribution in [0.2, 0.25) is 0 Å². The van der Waals surface area contributed by atoms with Gasteiger partial charge < -0.3 is 20.4 Å². The molecule has 23 heavy (non-hydrogen) atoms. The fourth-order valence-corrected chi connectivity index (χ4v) is 3.12. The molecule has 3 N–H and O–H groups in total. The molecule has 2 aromatic rings. The van der Waals surface area contributed by atoms with Crippen LogP contribution in [0.25, 0.3) is 11.0 Å². The summed E-state index contributed by atoms with van der Waals surface area (Å²) in [6.45, 7) is 5.90. The number of nitrogens with two attached hydrogens (primary N) is 1. The lowest BCUT2D eigenvalue weighted by atomic mass is 9.90. The summed E-state index contributed by atoms with van der Waals surface area (Å²) in [7, 11) is 0. The van der Waals surface area contributed by atoms with Crippen LogP contribution in [0.15, 0.2) is 24.3 Å². The van der Waals surface area contributed by atoms with Crippen LogP contribution in [-0.2, 0) is 16.1 Å². The fourth-order valence-electron chi connectivity index (χ4n) is 3.12. The van der Waals surface area contributed by atoms with Crippen molar-refractivity contribution in [3.8, 4) is 0 Å². The van der Waals surface area contributed by atoms with Gasteiger partial charge in [0.05, 0.1) is 22.6 Å². The van der Waals surface area contributed by atoms with Crippen molar-refractivity contribution in [2.45, 2.75) is 44.8 Å². The number of rotatable bonds is 4. The first-order chi connectivity index (χ1) is 11.0. The number of aromatic nitrogens is 2. The van der Waals surface area contributed by atoms with Gasteiger partial charge in [0, 0.05) is 19.8 Å². The standard InChI is InChI=1S/C17H24N4O2/c1-3-21-14-7-5-4-6-13(14)20-15(21)12(2)19-16(22)17(18)8-10-23-11-9-17/h4-7,12H,3,8-11,18H2,1-2H3,(H,19,22). The van der Waals surface area contributed by atoms with Crippen LogP contribution in [0.5, 0.6) is 0 Å². The van der Waals surface area contributed by atoms with Gasteiger partial charge in [0.25, 0.3) is 0 Å². The summed E-state index contributed by atoms with van der Waals surface area (Å²) in [4.78, 5) is 17.3. The van der Waals surface area contributed by atoms with Crippen molar-refractivity contribution >= 4 is 16.9 Å². The first kappa shape index (κ1) is 16.0. The highest BCUT2D eigenvalue weighted by Crippen LogP contribution is 2.23. The topological polar surface area (TPSA) is 82.2 Å². The third-order valence-electron chi connectivity index (χ3n) is 4.57. The lowest BCUT2D eigenvalue weighted by Crippen LogP contribution is -2.57. The molecule has 1 amide bonds. The van der Waals surface area contributed by atoms with E-state index in [0.717, 1.165) is 23.4 Å². The third kappa shape index (κ3) is 2.96. The number of aryl methyl sites for hydroxylation is 1. The normalized spacial score (nSPS) is 18.7. The number of nitrogens with zero attached hydrogens (tertiary/aromatic N) is 2. The van der Waals surface area contributed by atoms with Crippen molar-refractivity contribution in [1.82, 2.24) is 14.9 Å². The SMILES string of the molecule is CCn1c(C(C)NC(=O)C2(N)CCOCC2)nc2ccccc21. The van der Waals surface area contributed by atoms with E-state index in [0.29, 0.717) is 26.1 Å². The lowest BCUT2D eigenvalue weighted by molar-refractivity contribution is -0.130. The first-order valence-corrected chi connectivity index (χ1v) is 8.18. The van der Waals surface area contributed by atoms with E-state index in [-0.39, 0.29) is 11.9 Å². The zero-order valence-electron chi connectivity index (χ0n) is 13.7. The molecular formula is C17H24N4O2. The highest BCUT2D eigenvalue weighted by Gasteiger charge is 2.37. The highest BCUT2D eigenvalue weighted by atomic mass is 16.5. The maximum Gasteiger partial charge on any atom is 0.240 e. The minimum Gasteiger partial charge on any atom is -0.381 e. The van der Waals surface area contributed by atoms with Gasteiger partial charge in [0.15, 0.2) is 0 Å². The predicted octanol–water partition coefficient (Wildman–Crippen LogP) is 1.74. The van der Waals surface area contributed by atoms with E-state index in [1.165, 1.54) is 0 Å². The Balaban J connectivity index is 1.83. The second-order valence-electron chi connectivity index (χ2n) is 6.17. The smallest absolute Gasteiger partial charge is 0.240 e. The van der Waals surface area contributed by atoms with Gasteiger partial charge in [-0.3, -0.25) is 4.79 Å². The monoisotopic (exact) mass is 316 g/mol. The number of hydrogen-bond acceptors (Lipinski definition) is 4. The zero-order chi connectivity index (χ0) is 16.4. The molecule has 1 fully saturated rings. The van der Waals surface area contributed by atoms with E-state index in [2.05, 4.69) is 21.8 Å². The molecule has 2 heterocycles. The van der Waals surface area contributed by atoms with Crippen molar-refractivity contribution in [1.29, 1.82) is 0 Å². The van der Waals surface area contributed by atoms with Crippen LogP contribution in [0.1, 0.15) is 38.6 Å². The minimum absolute atomic E-state index is 0.122. The van der Waals surface area contributed by atoms with Crippen LogP contribution < -0.4 is 11.1 Å². The number of para-hydroxylation sites is 2. The van der Waals surface area contributed by atoms with E-state index >= 15 is 0 Å². The Morgan fingerprint density at radius 3 is 2.83 bits per heavy atom. The first-order valence-electron chi connectivity index (χ1n) is 8.18. The Hall–Kier alpha value is -1.92. The molecule has 6 heteroatoms. The summed E-state index contributed by atoms with van der Waals surface area (Å²) < 4.78 is 7.44. The molecule has 1 aliphatic heterocycles. The second-order valence-corrected chi connectivity index (χ2v) is 6.17. The van der Waals surface area contributed by atoms with E-state index < -0.39 is 5.54 Å². The molecule has 0 saturated carbocycles. The van der Waals surface area contributed by atoms with Crippen LogP contribution >= 0.6 is 0 Å². The van der Waals surface area contributed by atoms with Crippen molar-refractivity contribution in [3.63, 3.8) is 0 Å². The van der Waals surface area contributed by atoms with Gasteiger partial charge >= 0.3 is 0 Å². The molecule has 1 aromatic carbocycles. The molecule has 1 unspecified atom stereocenters. The molecule has 1 aromatic heterocycles. The zero-order valence-corrected chi connectivity index (χ0v) is 13.7. The maximum absolute atomic E-state index is 12.6. The van der Waals surface area contributed by atoms with Crippen LogP contribution in [0.3, 0.4) is 0 Å². The minimum atomic E-state index is -0.838. The number of nitrogens with one attached hydrogen (secondary N) is 1. The number of hydrogen-bond donors (Lipinski definition) is 2. The van der Waals surface area contributed by atoms with Gasteiger partial charge in [0.2, 0.25) is 5.91 Å². The Bertz CT molecular complexity index is 704. The number of ether oxygens (including phenoxy) is 1. The van der Waals surface area contributed by atoms with Gasteiger partial charge in [0.1, 0.15) is 5.82 Å². The number of benzene rings is 1. The number of amides is 1. The third-order valence-corrected chi connectivity index (χ3v) is 4.57. The molecule has 1 atom stereocenters. The number of carbonyl (C=O) groups excluding carboxylic acids is 1. The van der Waals surface area contributed by atoms with Gasteiger partial charge in [-0.2, -0.15) is 0 Å². The van der Waals surface area contributed by atoms with E-state index in [1.807, 2.05) is 31.2 Å². The van der Waals surface area contributed by atoms with Crippen molar-refractivity contribution in [3.05, 3.63) is 30.1 Å². The summed E-state index contributed by atoms with van der Waals surface area (Å²) in [5, 5.41) is 3.04. The van der Waals surface area contributed by atoms with Crippen LogP contribution in [0.4, 0.5) is 0 Å². The molecule has 0 aliphatic carbocycles. The average molecular weight is 316 g/mol. The molecular weight excluding hydrogens is 292 g/mol. The molecule has 0 radical (unpaired) electrons. The van der Waals surface area contributed by atoms with E-state index in [1.54, 1.807) is 0 Å². The fraction of sp³-hybridized carbons (Fsp3) is 0.529. The Morgan fingerprint density at radius 2 is 2.13 bits per heavy atom. The highest BCUT2D eigenvalue weighted by molar-refractivity contribution is 5.86. The van der Waals surface area contributed by atoms with Gasteiger partial charge in [-0.15, -0.1) is 0 Å². The predicted molar refractivity (Wildman–Crippen MR) is 88.9 cm³/mol. The molecule has 0 spiro atoms. The van der Waals surface area contributed by atoms with E-state index in [4.69, 9.17) is 10.5 Å². The van der Waals surface area contributed by atoms with E-state index in [9.17, 15) is 4.79 Å². The largest absolute Gasteiger partial charge is 0.381 e. The molecule has 1 saturated heterocycles. The number of imidazole rings is 1. The molecule has 1 aliphatic rings. The molecule has 3 rings (SSSR count). The summed E-state index contributed by atoms with van der Waals surface area (Å²) in [5.74, 6) is 0.737. The summed E-state index contributed by atoms with van der Waals surface area (Å²) >= 11 is 0. The second kappa shape index (κ2) is 6.29. The Labute approximate surface area is 136 Å². The summed E-state index contributed by atoms with van der Waals surface area (Å²) in [6.07, 6.45) is 1.10. The van der Waals surface area contributed by atoms with Gasteiger partial charge in [-0.25, -0.2) is 4.98 Å². The van der Waals surface area contributed by atoms with Gasteiger partial charge in [-0.05, 0) is 38.8 Å². The summed E-state index contributed by atoms with van der Waals surface area (Å²) in [5.41, 5.74) is 7.44. The molecule has 0 bridgehead atoms. The molecule has 6 nitrogen and oxygen atoms in total. The number of fused-ring (bicyclic) bond motifs is 1. The maximum atomic E-state index is 12.6. The van der Waals surface area contributed by atoms with Crippen LogP contribution in [0, 0.1) is 0 Å². The lowest BCUT2D eigenvalue weighted by Gasteiger charge is -2.32. The summed E-state index contributed by atoms with van der Waals surface area (Å²) in [6, 6.07) is 7.81. The Kier molecular flexibility index (Phi) is 4.37. The van der Waals surface area contributed by atoms with Crippen molar-refractivity contribution in [2.24, 2.45) is 5.73 Å².